The minimum Gasteiger partial charge on any atom is -0.507 e. The van der Waals surface area contributed by atoms with Gasteiger partial charge in [-0.05, 0) is 19.3 Å². The lowest BCUT2D eigenvalue weighted by Crippen LogP contribution is -2.46. The van der Waals surface area contributed by atoms with Crippen LogP contribution in [0.5, 0.6) is 11.5 Å². The number of fused-ring (bicyclic) bond motifs is 3. The van der Waals surface area contributed by atoms with Crippen LogP contribution in [0, 0.1) is 0 Å². The van der Waals surface area contributed by atoms with Crippen molar-refractivity contribution in [3.8, 4) is 11.5 Å². The lowest BCUT2D eigenvalue weighted by Gasteiger charge is -2.34. The molecule has 2 aliphatic rings. The zero-order valence-electron chi connectivity index (χ0n) is 18.1. The lowest BCUT2D eigenvalue weighted by atomic mass is 9.73. The molecule has 172 valence electrons. The number of hydrogen-bond donors (Lipinski definition) is 3. The second-order valence-electron chi connectivity index (χ2n) is 8.50. The molecule has 3 N–H and O–H groups in total. The van der Waals surface area contributed by atoms with Gasteiger partial charge in [-0.15, -0.1) is 0 Å². The van der Waals surface area contributed by atoms with Gasteiger partial charge in [0, 0.05) is 35.1 Å². The first-order valence-corrected chi connectivity index (χ1v) is 10.9. The average molecular weight is 452 g/mol. The van der Waals surface area contributed by atoms with E-state index in [4.69, 9.17) is 4.74 Å². The molecule has 0 bridgehead atoms. The van der Waals surface area contributed by atoms with Gasteiger partial charge in [0.2, 0.25) is 5.78 Å². The minimum atomic E-state index is -1.95. The molecule has 0 radical (unpaired) electrons. The number of carbonyl (C=O) groups excluding carboxylic acids is 4. The van der Waals surface area contributed by atoms with E-state index in [0.29, 0.717) is 6.42 Å². The van der Waals surface area contributed by atoms with Crippen molar-refractivity contribution in [2.24, 2.45) is 0 Å². The monoisotopic (exact) mass is 452 g/mol. The first-order chi connectivity index (χ1) is 15.7. The standard InChI is InChI=1S/C25H24O8/c1-2-3-8-18(27)33-12-17(26)25(32)10-9-15-16(11-25)24(31)20-19(23(15)30)21(28)13-6-4-5-7-14(13)22(20)29/h4-7,30-32H,2-3,8-12H2,1H3. The van der Waals surface area contributed by atoms with Gasteiger partial charge in [0.25, 0.3) is 0 Å². The van der Waals surface area contributed by atoms with E-state index in [9.17, 15) is 34.5 Å². The van der Waals surface area contributed by atoms with Gasteiger partial charge in [-0.25, -0.2) is 0 Å². The van der Waals surface area contributed by atoms with Gasteiger partial charge >= 0.3 is 5.97 Å². The van der Waals surface area contributed by atoms with E-state index in [1.807, 2.05) is 6.92 Å². The van der Waals surface area contributed by atoms with E-state index >= 15 is 0 Å². The summed E-state index contributed by atoms with van der Waals surface area (Å²) in [4.78, 5) is 50.5. The van der Waals surface area contributed by atoms with Crippen LogP contribution in [-0.4, -0.2) is 50.8 Å². The van der Waals surface area contributed by atoms with Crippen LogP contribution in [0.3, 0.4) is 0 Å². The highest BCUT2D eigenvalue weighted by atomic mass is 16.5. The molecule has 0 saturated heterocycles. The minimum absolute atomic E-state index is 0.0167. The van der Waals surface area contributed by atoms with Crippen LogP contribution in [0.25, 0.3) is 0 Å². The van der Waals surface area contributed by atoms with E-state index in [-0.39, 0.29) is 59.1 Å². The van der Waals surface area contributed by atoms with Gasteiger partial charge in [-0.1, -0.05) is 37.6 Å². The van der Waals surface area contributed by atoms with Crippen LogP contribution >= 0.6 is 0 Å². The number of carbonyl (C=O) groups is 4. The summed E-state index contributed by atoms with van der Waals surface area (Å²) in [6.45, 7) is 1.30. The van der Waals surface area contributed by atoms with Crippen LogP contribution in [0.2, 0.25) is 0 Å². The number of phenolic OH excluding ortho intramolecular Hbond substituents is 2. The molecule has 0 fully saturated rings. The Bertz CT molecular complexity index is 1200. The number of phenols is 2. The summed E-state index contributed by atoms with van der Waals surface area (Å²) in [7, 11) is 0. The van der Waals surface area contributed by atoms with Gasteiger partial charge in [0.05, 0.1) is 11.1 Å². The second kappa shape index (κ2) is 8.44. The van der Waals surface area contributed by atoms with Crippen molar-refractivity contribution >= 4 is 23.3 Å². The molecule has 2 aliphatic carbocycles. The molecule has 1 unspecified atom stereocenters. The van der Waals surface area contributed by atoms with Crippen molar-refractivity contribution in [3.05, 3.63) is 57.6 Å². The number of esters is 1. The summed E-state index contributed by atoms with van der Waals surface area (Å²) < 4.78 is 4.97. The molecule has 0 aliphatic heterocycles. The number of rotatable bonds is 6. The lowest BCUT2D eigenvalue weighted by molar-refractivity contribution is -0.155. The Balaban J connectivity index is 1.67. The maximum Gasteiger partial charge on any atom is 0.306 e. The number of ether oxygens (including phenoxy) is 1. The molecule has 1 atom stereocenters. The van der Waals surface area contributed by atoms with E-state index in [0.717, 1.165) is 6.42 Å². The maximum atomic E-state index is 13.1. The summed E-state index contributed by atoms with van der Waals surface area (Å²) in [5.74, 6) is -3.43. The summed E-state index contributed by atoms with van der Waals surface area (Å²) in [6.07, 6.45) is 1.08. The van der Waals surface area contributed by atoms with Crippen molar-refractivity contribution in [1.82, 2.24) is 0 Å². The SMILES string of the molecule is CCCCC(=O)OCC(=O)C1(O)CCc2c(O)c3c(c(O)c2C1)C(=O)c1ccccc1C3=O. The molecule has 0 heterocycles. The van der Waals surface area contributed by atoms with Gasteiger partial charge in [-0.3, -0.25) is 19.2 Å². The number of unbranched alkanes of at least 4 members (excludes halogenated alkanes) is 1. The fraction of sp³-hybridized carbons (Fsp3) is 0.360. The molecular weight excluding hydrogens is 428 g/mol. The highest BCUT2D eigenvalue weighted by Gasteiger charge is 2.45. The molecule has 8 heteroatoms. The summed E-state index contributed by atoms with van der Waals surface area (Å²) in [5, 5.41) is 32.8. The first kappa shape index (κ1) is 22.7. The molecule has 0 saturated carbocycles. The smallest absolute Gasteiger partial charge is 0.306 e. The van der Waals surface area contributed by atoms with E-state index in [2.05, 4.69) is 0 Å². The van der Waals surface area contributed by atoms with E-state index in [1.165, 1.54) is 12.1 Å². The number of benzene rings is 2. The molecule has 2 aromatic carbocycles. The van der Waals surface area contributed by atoms with Crippen molar-refractivity contribution in [2.75, 3.05) is 6.61 Å². The summed E-state index contributed by atoms with van der Waals surface area (Å²) >= 11 is 0. The Morgan fingerprint density at radius 3 is 2.15 bits per heavy atom. The van der Waals surface area contributed by atoms with Crippen molar-refractivity contribution in [1.29, 1.82) is 0 Å². The molecule has 8 nitrogen and oxygen atoms in total. The van der Waals surface area contributed by atoms with Crippen molar-refractivity contribution in [3.63, 3.8) is 0 Å². The molecule has 0 amide bonds. The quantitative estimate of drug-likeness (QED) is 0.383. The third-order valence-corrected chi connectivity index (χ3v) is 6.41. The third-order valence-electron chi connectivity index (χ3n) is 6.41. The maximum absolute atomic E-state index is 13.1. The largest absolute Gasteiger partial charge is 0.507 e. The summed E-state index contributed by atoms with van der Waals surface area (Å²) in [6, 6.07) is 6.13. The molecule has 33 heavy (non-hydrogen) atoms. The topological polar surface area (TPSA) is 138 Å². The predicted molar refractivity (Wildman–Crippen MR) is 116 cm³/mol. The van der Waals surface area contributed by atoms with Gasteiger partial charge in [0.15, 0.2) is 18.2 Å². The third kappa shape index (κ3) is 3.70. The zero-order valence-corrected chi connectivity index (χ0v) is 18.1. The molecule has 0 aromatic heterocycles. The Morgan fingerprint density at radius 1 is 1.00 bits per heavy atom. The van der Waals surface area contributed by atoms with Gasteiger partial charge in [-0.2, -0.15) is 0 Å². The van der Waals surface area contributed by atoms with E-state index < -0.39 is 47.0 Å². The number of hydrogen-bond acceptors (Lipinski definition) is 8. The Labute approximate surface area is 189 Å². The molecule has 2 aromatic rings. The van der Waals surface area contributed by atoms with Crippen LogP contribution in [-0.2, 0) is 27.2 Å². The van der Waals surface area contributed by atoms with Crippen LogP contribution < -0.4 is 0 Å². The first-order valence-electron chi connectivity index (χ1n) is 10.9. The van der Waals surface area contributed by atoms with Crippen LogP contribution in [0.15, 0.2) is 24.3 Å². The Kier molecular flexibility index (Phi) is 5.80. The Hall–Kier alpha value is -3.52. The number of aliphatic hydroxyl groups is 1. The fourth-order valence-corrected chi connectivity index (χ4v) is 4.50. The highest BCUT2D eigenvalue weighted by molar-refractivity contribution is 6.30. The zero-order chi connectivity index (χ0) is 23.9. The van der Waals surface area contributed by atoms with Gasteiger partial charge < -0.3 is 20.1 Å². The van der Waals surface area contributed by atoms with Crippen LogP contribution in [0.1, 0.15) is 75.6 Å². The average Bonchev–Trinajstić information content (AvgIpc) is 2.81. The molecule has 0 spiro atoms. The number of ketones is 3. The molecule has 4 rings (SSSR count). The molecular formula is C25H24O8. The van der Waals surface area contributed by atoms with Crippen molar-refractivity contribution in [2.45, 2.75) is 51.0 Å². The number of aromatic hydroxyl groups is 2. The number of Topliss-reactive ketones (excluding diaryl/α,β-unsaturated/α-hetero) is 1. The summed E-state index contributed by atoms with van der Waals surface area (Å²) in [5.41, 5.74) is -2.07. The normalized spacial score (nSPS) is 18.8. The van der Waals surface area contributed by atoms with E-state index in [1.54, 1.807) is 12.1 Å². The van der Waals surface area contributed by atoms with Crippen molar-refractivity contribution < 1.29 is 39.2 Å². The van der Waals surface area contributed by atoms with Gasteiger partial charge in [0.1, 0.15) is 17.1 Å². The highest BCUT2D eigenvalue weighted by Crippen LogP contribution is 2.47. The fourth-order valence-electron chi connectivity index (χ4n) is 4.50. The Morgan fingerprint density at radius 2 is 1.58 bits per heavy atom. The van der Waals surface area contributed by atoms with Crippen LogP contribution in [0.4, 0.5) is 0 Å². The second-order valence-corrected chi connectivity index (χ2v) is 8.50. The predicted octanol–water partition coefficient (Wildman–Crippen LogP) is 2.40.